The SMILES string of the molecule is COCC(C)(C)NC(=O)CC(N)C(C)(C)C. The molecule has 0 aromatic heterocycles. The van der Waals surface area contributed by atoms with Crippen LogP contribution in [-0.4, -0.2) is 31.2 Å². The molecule has 3 N–H and O–H groups in total. The van der Waals surface area contributed by atoms with Crippen LogP contribution in [0.5, 0.6) is 0 Å². The molecule has 0 rings (SSSR count). The summed E-state index contributed by atoms with van der Waals surface area (Å²) in [6.07, 6.45) is 0.344. The van der Waals surface area contributed by atoms with Crippen molar-refractivity contribution in [2.45, 2.75) is 52.6 Å². The molecule has 1 unspecified atom stereocenters. The number of ether oxygens (including phenoxy) is 1. The van der Waals surface area contributed by atoms with Crippen LogP contribution in [0.2, 0.25) is 0 Å². The molecule has 0 aromatic rings. The maximum Gasteiger partial charge on any atom is 0.222 e. The highest BCUT2D eigenvalue weighted by molar-refractivity contribution is 5.77. The zero-order valence-corrected chi connectivity index (χ0v) is 11.4. The summed E-state index contributed by atoms with van der Waals surface area (Å²) < 4.78 is 5.03. The Morgan fingerprint density at radius 3 is 2.19 bits per heavy atom. The third-order valence-corrected chi connectivity index (χ3v) is 2.50. The van der Waals surface area contributed by atoms with Gasteiger partial charge in [-0.3, -0.25) is 4.79 Å². The lowest BCUT2D eigenvalue weighted by molar-refractivity contribution is -0.124. The van der Waals surface area contributed by atoms with Gasteiger partial charge in [0.2, 0.25) is 5.91 Å². The molecule has 0 heterocycles. The van der Waals surface area contributed by atoms with Gasteiger partial charge in [-0.1, -0.05) is 20.8 Å². The highest BCUT2D eigenvalue weighted by Crippen LogP contribution is 2.19. The van der Waals surface area contributed by atoms with Crippen LogP contribution in [0.4, 0.5) is 0 Å². The van der Waals surface area contributed by atoms with E-state index < -0.39 is 0 Å². The number of nitrogens with two attached hydrogens (primary N) is 1. The van der Waals surface area contributed by atoms with Crippen molar-refractivity contribution in [3.8, 4) is 0 Å². The lowest BCUT2D eigenvalue weighted by Gasteiger charge is -2.29. The first-order valence-corrected chi connectivity index (χ1v) is 5.64. The fraction of sp³-hybridized carbons (Fsp3) is 0.917. The van der Waals surface area contributed by atoms with Gasteiger partial charge in [-0.25, -0.2) is 0 Å². The molecule has 0 aliphatic rings. The lowest BCUT2D eigenvalue weighted by atomic mass is 9.85. The Bertz CT molecular complexity index is 232. The fourth-order valence-corrected chi connectivity index (χ4v) is 1.33. The number of hydrogen-bond donors (Lipinski definition) is 2. The Labute approximate surface area is 98.9 Å². The fourth-order valence-electron chi connectivity index (χ4n) is 1.33. The molecular formula is C12H26N2O2. The van der Waals surface area contributed by atoms with E-state index in [2.05, 4.69) is 5.32 Å². The molecule has 1 atom stereocenters. The largest absolute Gasteiger partial charge is 0.382 e. The van der Waals surface area contributed by atoms with Crippen LogP contribution in [0.25, 0.3) is 0 Å². The monoisotopic (exact) mass is 230 g/mol. The van der Waals surface area contributed by atoms with Gasteiger partial charge in [-0.05, 0) is 19.3 Å². The van der Waals surface area contributed by atoms with E-state index in [4.69, 9.17) is 10.5 Å². The second kappa shape index (κ2) is 5.64. The summed E-state index contributed by atoms with van der Waals surface area (Å²) in [4.78, 5) is 11.7. The minimum absolute atomic E-state index is 0.0236. The minimum Gasteiger partial charge on any atom is -0.382 e. The Hall–Kier alpha value is -0.610. The quantitative estimate of drug-likeness (QED) is 0.748. The summed E-state index contributed by atoms with van der Waals surface area (Å²) in [5, 5.41) is 2.92. The Morgan fingerprint density at radius 1 is 1.31 bits per heavy atom. The average Bonchev–Trinajstić information content (AvgIpc) is 1.99. The molecule has 16 heavy (non-hydrogen) atoms. The Kier molecular flexibility index (Phi) is 5.42. The molecular weight excluding hydrogens is 204 g/mol. The number of rotatable bonds is 5. The molecule has 0 fully saturated rings. The van der Waals surface area contributed by atoms with Crippen LogP contribution in [0.3, 0.4) is 0 Å². The molecule has 0 bridgehead atoms. The number of carbonyl (C=O) groups excluding carboxylic acids is 1. The standard InChI is InChI=1S/C12H26N2O2/c1-11(2,3)9(13)7-10(15)14-12(4,5)8-16-6/h9H,7-8,13H2,1-6H3,(H,14,15). The number of hydrogen-bond acceptors (Lipinski definition) is 3. The second-order valence-corrected chi connectivity index (χ2v) is 6.04. The van der Waals surface area contributed by atoms with Gasteiger partial charge in [-0.2, -0.15) is 0 Å². The van der Waals surface area contributed by atoms with Gasteiger partial charge < -0.3 is 15.8 Å². The highest BCUT2D eigenvalue weighted by Gasteiger charge is 2.26. The van der Waals surface area contributed by atoms with Crippen molar-refractivity contribution >= 4 is 5.91 Å². The molecule has 0 aliphatic heterocycles. The summed E-state index contributed by atoms with van der Waals surface area (Å²) >= 11 is 0. The van der Waals surface area contributed by atoms with Crippen LogP contribution in [0.1, 0.15) is 41.0 Å². The zero-order valence-electron chi connectivity index (χ0n) is 11.4. The van der Waals surface area contributed by atoms with Crippen molar-refractivity contribution in [2.24, 2.45) is 11.1 Å². The molecule has 0 aliphatic carbocycles. The van der Waals surface area contributed by atoms with Gasteiger partial charge in [0.1, 0.15) is 0 Å². The molecule has 0 saturated heterocycles. The van der Waals surface area contributed by atoms with Gasteiger partial charge in [-0.15, -0.1) is 0 Å². The molecule has 4 nitrogen and oxygen atoms in total. The van der Waals surface area contributed by atoms with Crippen molar-refractivity contribution < 1.29 is 9.53 Å². The van der Waals surface area contributed by atoms with Gasteiger partial charge >= 0.3 is 0 Å². The topological polar surface area (TPSA) is 64.3 Å². The van der Waals surface area contributed by atoms with Crippen molar-refractivity contribution in [3.63, 3.8) is 0 Å². The second-order valence-electron chi connectivity index (χ2n) is 6.04. The van der Waals surface area contributed by atoms with E-state index in [9.17, 15) is 4.79 Å². The first-order chi connectivity index (χ1) is 7.08. The van der Waals surface area contributed by atoms with Crippen molar-refractivity contribution in [1.82, 2.24) is 5.32 Å². The van der Waals surface area contributed by atoms with E-state index in [0.717, 1.165) is 0 Å². The number of nitrogens with one attached hydrogen (secondary N) is 1. The van der Waals surface area contributed by atoms with Gasteiger partial charge in [0.25, 0.3) is 0 Å². The third-order valence-electron chi connectivity index (χ3n) is 2.50. The first-order valence-electron chi connectivity index (χ1n) is 5.64. The minimum atomic E-state index is -0.344. The number of carbonyl (C=O) groups is 1. The molecule has 0 aromatic carbocycles. The van der Waals surface area contributed by atoms with Crippen LogP contribution >= 0.6 is 0 Å². The predicted octanol–water partition coefficient (Wildman–Crippen LogP) is 1.29. The number of methoxy groups -OCH3 is 1. The van der Waals surface area contributed by atoms with Crippen molar-refractivity contribution in [3.05, 3.63) is 0 Å². The van der Waals surface area contributed by atoms with Crippen LogP contribution in [0.15, 0.2) is 0 Å². The highest BCUT2D eigenvalue weighted by atomic mass is 16.5. The van der Waals surface area contributed by atoms with E-state index in [1.165, 1.54) is 0 Å². The predicted molar refractivity (Wildman–Crippen MR) is 66.1 cm³/mol. The third kappa shape index (κ3) is 6.08. The van der Waals surface area contributed by atoms with Crippen molar-refractivity contribution in [1.29, 1.82) is 0 Å². The smallest absolute Gasteiger partial charge is 0.222 e. The molecule has 0 radical (unpaired) electrons. The van der Waals surface area contributed by atoms with E-state index in [1.54, 1.807) is 7.11 Å². The zero-order chi connectivity index (χ0) is 13.0. The Balaban J connectivity index is 4.19. The molecule has 1 amide bonds. The maximum atomic E-state index is 11.7. The summed E-state index contributed by atoms with van der Waals surface area (Å²) in [7, 11) is 1.62. The van der Waals surface area contributed by atoms with Crippen LogP contribution in [0, 0.1) is 5.41 Å². The molecule has 0 saturated carbocycles. The summed E-state index contributed by atoms with van der Waals surface area (Å²) in [6, 6.07) is -0.133. The lowest BCUT2D eigenvalue weighted by Crippen LogP contribution is -2.49. The Morgan fingerprint density at radius 2 is 1.81 bits per heavy atom. The van der Waals surface area contributed by atoms with Gasteiger partial charge in [0.15, 0.2) is 0 Å². The first kappa shape index (κ1) is 15.4. The van der Waals surface area contributed by atoms with Gasteiger partial charge in [0, 0.05) is 19.6 Å². The van der Waals surface area contributed by atoms with E-state index >= 15 is 0 Å². The van der Waals surface area contributed by atoms with Gasteiger partial charge in [0.05, 0.1) is 12.1 Å². The van der Waals surface area contributed by atoms with E-state index in [0.29, 0.717) is 13.0 Å². The molecule has 0 spiro atoms. The van der Waals surface area contributed by atoms with Crippen LogP contribution < -0.4 is 11.1 Å². The molecule has 96 valence electrons. The summed E-state index contributed by atoms with van der Waals surface area (Å²) in [6.45, 7) is 10.4. The van der Waals surface area contributed by atoms with Crippen LogP contribution in [-0.2, 0) is 9.53 Å². The maximum absolute atomic E-state index is 11.7. The number of amides is 1. The normalized spacial score (nSPS) is 14.7. The van der Waals surface area contributed by atoms with E-state index in [-0.39, 0.29) is 22.9 Å². The van der Waals surface area contributed by atoms with E-state index in [1.807, 2.05) is 34.6 Å². The summed E-state index contributed by atoms with van der Waals surface area (Å²) in [5.74, 6) is -0.0236. The van der Waals surface area contributed by atoms with Crippen molar-refractivity contribution in [2.75, 3.05) is 13.7 Å². The average molecular weight is 230 g/mol. The summed E-state index contributed by atoms with van der Waals surface area (Å²) in [5.41, 5.74) is 5.56. The molecule has 4 heteroatoms.